The van der Waals surface area contributed by atoms with Crippen molar-refractivity contribution in [3.8, 4) is 0 Å². The number of ether oxygens (including phenoxy) is 2. The van der Waals surface area contributed by atoms with Crippen LogP contribution in [0.4, 0.5) is 0 Å². The number of hydrogen-bond donors (Lipinski definition) is 1. The Hall–Kier alpha value is -0.610. The third-order valence-electron chi connectivity index (χ3n) is 3.91. The highest BCUT2D eigenvalue weighted by Gasteiger charge is 2.37. The van der Waals surface area contributed by atoms with Crippen LogP contribution in [0.1, 0.15) is 51.5 Å². The molecule has 0 aliphatic rings. The monoisotopic (exact) mass is 328 g/mol. The van der Waals surface area contributed by atoms with Crippen molar-refractivity contribution in [2.75, 3.05) is 20.3 Å². The summed E-state index contributed by atoms with van der Waals surface area (Å²) in [5.74, 6) is 0. The summed E-state index contributed by atoms with van der Waals surface area (Å²) in [7, 11) is 1.70. The topological polar surface area (TPSA) is 38.7 Å². The van der Waals surface area contributed by atoms with Crippen molar-refractivity contribution < 1.29 is 14.6 Å². The van der Waals surface area contributed by atoms with Crippen molar-refractivity contribution in [1.29, 1.82) is 0 Å². The van der Waals surface area contributed by atoms with Crippen molar-refractivity contribution >= 4 is 11.6 Å². The Kier molecular flexibility index (Phi) is 9.03. The lowest BCUT2D eigenvalue weighted by atomic mass is 9.82. The molecule has 3 nitrogen and oxygen atoms in total. The van der Waals surface area contributed by atoms with Crippen molar-refractivity contribution in [3.05, 3.63) is 34.9 Å². The van der Waals surface area contributed by atoms with E-state index in [4.69, 9.17) is 21.1 Å². The minimum atomic E-state index is -1.01. The van der Waals surface area contributed by atoms with Gasteiger partial charge in [0, 0.05) is 25.3 Å². The van der Waals surface area contributed by atoms with Gasteiger partial charge in [-0.25, -0.2) is 0 Å². The standard InChI is InChI=1S/C18H29ClO3/c1-4-12-22-17(5-2)18(20,11-6-7-13-21-3)15-9-8-10-16(19)14-15/h8-10,14,17,20H,4-7,11-13H2,1-3H3/t17-,18-/m1/s1. The number of methoxy groups -OCH3 is 1. The second kappa shape index (κ2) is 10.2. The van der Waals surface area contributed by atoms with Gasteiger partial charge in [0.05, 0.1) is 6.10 Å². The summed E-state index contributed by atoms with van der Waals surface area (Å²) < 4.78 is 11.0. The van der Waals surface area contributed by atoms with Crippen LogP contribution in [0.2, 0.25) is 5.02 Å². The van der Waals surface area contributed by atoms with E-state index in [1.54, 1.807) is 7.11 Å². The molecule has 1 N–H and O–H groups in total. The van der Waals surface area contributed by atoms with Gasteiger partial charge in [-0.2, -0.15) is 0 Å². The van der Waals surface area contributed by atoms with E-state index in [0.29, 0.717) is 24.7 Å². The zero-order valence-electron chi connectivity index (χ0n) is 14.0. The van der Waals surface area contributed by atoms with Crippen molar-refractivity contribution in [2.45, 2.75) is 57.7 Å². The zero-order chi connectivity index (χ0) is 16.4. The SMILES string of the molecule is CCCO[C@H](CC)[C@@](O)(CCCCOC)c1cccc(Cl)c1. The quantitative estimate of drug-likeness (QED) is 0.606. The molecule has 0 spiro atoms. The number of rotatable bonds is 11. The Labute approximate surface area is 139 Å². The molecule has 0 radical (unpaired) electrons. The van der Waals surface area contributed by atoms with Crippen LogP contribution in [0.5, 0.6) is 0 Å². The highest BCUT2D eigenvalue weighted by Crippen LogP contribution is 2.35. The second-order valence-corrected chi connectivity index (χ2v) is 6.09. The summed E-state index contributed by atoms with van der Waals surface area (Å²) in [6, 6.07) is 7.48. The average Bonchev–Trinajstić information content (AvgIpc) is 2.52. The smallest absolute Gasteiger partial charge is 0.116 e. The summed E-state index contributed by atoms with van der Waals surface area (Å²) in [5, 5.41) is 12.0. The van der Waals surface area contributed by atoms with E-state index in [-0.39, 0.29) is 6.10 Å². The van der Waals surface area contributed by atoms with Gasteiger partial charge in [0.1, 0.15) is 5.60 Å². The summed E-state index contributed by atoms with van der Waals surface area (Å²) >= 11 is 6.11. The van der Waals surface area contributed by atoms with E-state index in [1.165, 1.54) is 0 Å². The largest absolute Gasteiger partial charge is 0.385 e. The Bertz CT molecular complexity index is 425. The molecule has 126 valence electrons. The Balaban J connectivity index is 2.96. The predicted octanol–water partition coefficient (Wildman–Crippen LogP) is 4.55. The first-order chi connectivity index (χ1) is 10.6. The van der Waals surface area contributed by atoms with E-state index in [0.717, 1.165) is 31.2 Å². The number of halogens is 1. The molecule has 0 amide bonds. The first kappa shape index (κ1) is 19.4. The molecule has 4 heteroatoms. The van der Waals surface area contributed by atoms with Gasteiger partial charge < -0.3 is 14.6 Å². The molecule has 0 aliphatic carbocycles. The molecule has 0 aromatic heterocycles. The van der Waals surface area contributed by atoms with Crippen LogP contribution >= 0.6 is 11.6 Å². The number of benzene rings is 1. The number of unbranched alkanes of at least 4 members (excludes halogenated alkanes) is 1. The molecule has 1 rings (SSSR count). The first-order valence-corrected chi connectivity index (χ1v) is 8.55. The van der Waals surface area contributed by atoms with Crippen LogP contribution in [0.3, 0.4) is 0 Å². The lowest BCUT2D eigenvalue weighted by molar-refractivity contribution is -0.122. The summed E-state index contributed by atoms with van der Waals surface area (Å²) in [6.45, 7) is 5.48. The van der Waals surface area contributed by atoms with Crippen LogP contribution < -0.4 is 0 Å². The molecule has 0 aliphatic heterocycles. The summed E-state index contributed by atoms with van der Waals surface area (Å²) in [5.41, 5.74) is -0.178. The molecule has 0 saturated heterocycles. The van der Waals surface area contributed by atoms with Crippen LogP contribution in [0.15, 0.2) is 24.3 Å². The molecule has 22 heavy (non-hydrogen) atoms. The molecule has 1 aromatic carbocycles. The molecule has 0 fully saturated rings. The number of hydrogen-bond acceptors (Lipinski definition) is 3. The van der Waals surface area contributed by atoms with Gasteiger partial charge in [0.2, 0.25) is 0 Å². The number of aliphatic hydroxyl groups is 1. The fourth-order valence-electron chi connectivity index (χ4n) is 2.74. The van der Waals surface area contributed by atoms with Gasteiger partial charge in [-0.05, 0) is 49.8 Å². The molecular formula is C18H29ClO3. The molecule has 0 saturated carbocycles. The van der Waals surface area contributed by atoms with E-state index in [9.17, 15) is 5.11 Å². The van der Waals surface area contributed by atoms with Gasteiger partial charge in [-0.1, -0.05) is 37.6 Å². The molecule has 0 unspecified atom stereocenters. The molecule has 0 bridgehead atoms. The fourth-order valence-corrected chi connectivity index (χ4v) is 2.93. The van der Waals surface area contributed by atoms with E-state index >= 15 is 0 Å². The molecule has 0 heterocycles. The van der Waals surface area contributed by atoms with Crippen molar-refractivity contribution in [1.82, 2.24) is 0 Å². The highest BCUT2D eigenvalue weighted by atomic mass is 35.5. The third kappa shape index (κ3) is 5.54. The van der Waals surface area contributed by atoms with Crippen molar-refractivity contribution in [3.63, 3.8) is 0 Å². The minimum absolute atomic E-state index is 0.228. The van der Waals surface area contributed by atoms with Gasteiger partial charge in [0.15, 0.2) is 0 Å². The molecule has 1 aromatic rings. The Morgan fingerprint density at radius 2 is 2.00 bits per heavy atom. The van der Waals surface area contributed by atoms with Gasteiger partial charge >= 0.3 is 0 Å². The molecule has 2 atom stereocenters. The first-order valence-electron chi connectivity index (χ1n) is 8.17. The predicted molar refractivity (Wildman–Crippen MR) is 91.4 cm³/mol. The Morgan fingerprint density at radius 1 is 1.23 bits per heavy atom. The lowest BCUT2D eigenvalue weighted by Crippen LogP contribution is -2.41. The minimum Gasteiger partial charge on any atom is -0.385 e. The lowest BCUT2D eigenvalue weighted by Gasteiger charge is -2.36. The van der Waals surface area contributed by atoms with Gasteiger partial charge in [0.25, 0.3) is 0 Å². The summed E-state index contributed by atoms with van der Waals surface area (Å²) in [6.07, 6.45) is 3.90. The van der Waals surface area contributed by atoms with Crippen LogP contribution in [0.25, 0.3) is 0 Å². The average molecular weight is 329 g/mol. The van der Waals surface area contributed by atoms with Crippen LogP contribution in [-0.4, -0.2) is 31.5 Å². The maximum absolute atomic E-state index is 11.4. The maximum atomic E-state index is 11.4. The van der Waals surface area contributed by atoms with E-state index in [1.807, 2.05) is 31.2 Å². The molecular weight excluding hydrogens is 300 g/mol. The maximum Gasteiger partial charge on any atom is 0.116 e. The fraction of sp³-hybridized carbons (Fsp3) is 0.667. The third-order valence-corrected chi connectivity index (χ3v) is 4.14. The van der Waals surface area contributed by atoms with E-state index in [2.05, 4.69) is 6.92 Å². The van der Waals surface area contributed by atoms with E-state index < -0.39 is 5.60 Å². The second-order valence-electron chi connectivity index (χ2n) is 5.65. The zero-order valence-corrected chi connectivity index (χ0v) is 14.7. The van der Waals surface area contributed by atoms with Crippen molar-refractivity contribution in [2.24, 2.45) is 0 Å². The van der Waals surface area contributed by atoms with Crippen LogP contribution in [0, 0.1) is 0 Å². The summed E-state index contributed by atoms with van der Waals surface area (Å²) in [4.78, 5) is 0. The Morgan fingerprint density at radius 3 is 2.59 bits per heavy atom. The van der Waals surface area contributed by atoms with Gasteiger partial charge in [-0.3, -0.25) is 0 Å². The normalized spacial score (nSPS) is 15.5. The van der Waals surface area contributed by atoms with Gasteiger partial charge in [-0.15, -0.1) is 0 Å². The highest BCUT2D eigenvalue weighted by molar-refractivity contribution is 6.30. The van der Waals surface area contributed by atoms with Crippen LogP contribution in [-0.2, 0) is 15.1 Å².